The van der Waals surface area contributed by atoms with Crippen molar-refractivity contribution in [3.63, 3.8) is 0 Å². The Labute approximate surface area is 217 Å². The number of esters is 1. The first-order valence-electron chi connectivity index (χ1n) is 12.4. The fourth-order valence-electron chi connectivity index (χ4n) is 4.80. The van der Waals surface area contributed by atoms with Gasteiger partial charge in [0.05, 0.1) is 65.1 Å². The molecular formula is C25H36N4O6S. The molecule has 0 aliphatic carbocycles. The zero-order valence-electron chi connectivity index (χ0n) is 21.3. The van der Waals surface area contributed by atoms with Gasteiger partial charge in [0.25, 0.3) is 0 Å². The molecule has 1 unspecified atom stereocenters. The first kappa shape index (κ1) is 26.6. The molecule has 0 saturated carbocycles. The molecule has 36 heavy (non-hydrogen) atoms. The number of aromatic hydroxyl groups is 1. The number of hydrogen-bond donors (Lipinski definition) is 1. The quantitative estimate of drug-likeness (QED) is 0.402. The third kappa shape index (κ3) is 5.76. The van der Waals surface area contributed by atoms with Gasteiger partial charge in [0, 0.05) is 31.9 Å². The molecule has 3 aliphatic rings. The van der Waals surface area contributed by atoms with E-state index in [9.17, 15) is 9.90 Å². The lowest BCUT2D eigenvalue weighted by atomic mass is 9.93. The van der Waals surface area contributed by atoms with E-state index >= 15 is 0 Å². The van der Waals surface area contributed by atoms with Crippen molar-refractivity contribution in [1.82, 2.24) is 19.6 Å². The molecule has 1 aromatic rings. The van der Waals surface area contributed by atoms with E-state index in [1.54, 1.807) is 19.1 Å². The van der Waals surface area contributed by atoms with E-state index in [0.717, 1.165) is 37.4 Å². The molecule has 1 atom stereocenters. The highest BCUT2D eigenvalue weighted by Gasteiger charge is 2.42. The number of benzene rings is 1. The molecule has 0 aromatic heterocycles. The van der Waals surface area contributed by atoms with Crippen LogP contribution in [0, 0.1) is 0 Å². The third-order valence-electron chi connectivity index (χ3n) is 6.77. The van der Waals surface area contributed by atoms with Crippen LogP contribution in [0.5, 0.6) is 11.5 Å². The van der Waals surface area contributed by atoms with E-state index in [-0.39, 0.29) is 18.3 Å². The van der Waals surface area contributed by atoms with Crippen LogP contribution in [-0.4, -0.2) is 115 Å². The number of carbonyl (C=O) groups excluding carboxylic acids is 1. The topological polar surface area (TPSA) is 87.2 Å². The molecule has 0 amide bonds. The molecule has 2 fully saturated rings. The Balaban J connectivity index is 1.80. The molecule has 2 saturated heterocycles. The molecule has 198 valence electrons. The first-order valence-corrected chi connectivity index (χ1v) is 12.8. The van der Waals surface area contributed by atoms with E-state index in [2.05, 4.69) is 14.7 Å². The Bertz CT molecular complexity index is 977. The van der Waals surface area contributed by atoms with E-state index in [0.29, 0.717) is 56.2 Å². The van der Waals surface area contributed by atoms with Crippen molar-refractivity contribution < 1.29 is 28.8 Å². The summed E-state index contributed by atoms with van der Waals surface area (Å²) in [4.78, 5) is 22.1. The normalized spacial score (nSPS) is 22.2. The first-order chi connectivity index (χ1) is 17.4. The van der Waals surface area contributed by atoms with Gasteiger partial charge in [0.1, 0.15) is 0 Å². The number of carbonyl (C=O) groups is 1. The lowest BCUT2D eigenvalue weighted by Crippen LogP contribution is -2.57. The fourth-order valence-corrected chi connectivity index (χ4v) is 5.15. The second-order valence-electron chi connectivity index (χ2n) is 8.98. The van der Waals surface area contributed by atoms with E-state index in [1.807, 2.05) is 17.9 Å². The Morgan fingerprint density at radius 1 is 1.08 bits per heavy atom. The lowest BCUT2D eigenvalue weighted by molar-refractivity contribution is -0.139. The highest BCUT2D eigenvalue weighted by Crippen LogP contribution is 2.41. The molecule has 4 rings (SSSR count). The predicted octanol–water partition coefficient (Wildman–Crippen LogP) is 1.76. The summed E-state index contributed by atoms with van der Waals surface area (Å²) >= 11 is 6.10. The lowest BCUT2D eigenvalue weighted by Gasteiger charge is -2.48. The van der Waals surface area contributed by atoms with Gasteiger partial charge in [0.2, 0.25) is 0 Å². The van der Waals surface area contributed by atoms with Crippen molar-refractivity contribution in [2.75, 3.05) is 79.7 Å². The van der Waals surface area contributed by atoms with Crippen LogP contribution in [0.15, 0.2) is 29.5 Å². The SMILES string of the molecule is CCOC(=O)C1=C(C)N(CN2CCOCC2)C(=S)N(CN2CCOCC2)C1c1ccc(O)c(OC)c1. The maximum Gasteiger partial charge on any atom is 0.338 e. The van der Waals surface area contributed by atoms with E-state index in [4.69, 9.17) is 31.2 Å². The smallest absolute Gasteiger partial charge is 0.338 e. The summed E-state index contributed by atoms with van der Waals surface area (Å²) in [6.45, 7) is 10.8. The number of nitrogens with zero attached hydrogens (tertiary/aromatic N) is 4. The minimum Gasteiger partial charge on any atom is -0.504 e. The highest BCUT2D eigenvalue weighted by atomic mass is 32.1. The molecule has 3 aliphatic heterocycles. The zero-order valence-corrected chi connectivity index (χ0v) is 22.1. The number of morpholine rings is 2. The summed E-state index contributed by atoms with van der Waals surface area (Å²) in [6.07, 6.45) is 0. The van der Waals surface area contributed by atoms with Crippen LogP contribution in [0.1, 0.15) is 25.5 Å². The standard InChI is InChI=1S/C25H36N4O6S/c1-4-35-24(31)22-18(2)28(16-26-7-11-33-12-8-26)25(36)29(17-27-9-13-34-14-10-27)23(22)19-5-6-20(30)21(15-19)32-3/h5-6,15,23,30H,4,7-14,16-17H2,1-3H3. The predicted molar refractivity (Wildman–Crippen MR) is 138 cm³/mol. The van der Waals surface area contributed by atoms with Crippen LogP contribution >= 0.6 is 12.2 Å². The van der Waals surface area contributed by atoms with Crippen molar-refractivity contribution in [2.45, 2.75) is 19.9 Å². The third-order valence-corrected chi connectivity index (χ3v) is 7.23. The summed E-state index contributed by atoms with van der Waals surface area (Å²) in [7, 11) is 1.51. The number of ether oxygens (including phenoxy) is 4. The van der Waals surface area contributed by atoms with Gasteiger partial charge in [-0.3, -0.25) is 9.80 Å². The van der Waals surface area contributed by atoms with Gasteiger partial charge in [-0.05, 0) is 43.8 Å². The number of phenolic OH excluding ortho intramolecular Hbond substituents is 1. The van der Waals surface area contributed by atoms with Crippen molar-refractivity contribution in [3.05, 3.63) is 35.0 Å². The van der Waals surface area contributed by atoms with Crippen molar-refractivity contribution in [2.24, 2.45) is 0 Å². The maximum atomic E-state index is 13.5. The van der Waals surface area contributed by atoms with Gasteiger partial charge in [-0.25, -0.2) is 4.79 Å². The minimum absolute atomic E-state index is 0.0340. The fraction of sp³-hybridized carbons (Fsp3) is 0.600. The van der Waals surface area contributed by atoms with Crippen molar-refractivity contribution in [1.29, 1.82) is 0 Å². The average Bonchev–Trinajstić information content (AvgIpc) is 2.89. The van der Waals surface area contributed by atoms with Crippen molar-refractivity contribution in [3.8, 4) is 11.5 Å². The summed E-state index contributed by atoms with van der Waals surface area (Å²) in [6, 6.07) is 4.65. The molecule has 0 bridgehead atoms. The van der Waals surface area contributed by atoms with Crippen LogP contribution in [0.25, 0.3) is 0 Å². The number of methoxy groups -OCH3 is 1. The second-order valence-corrected chi connectivity index (χ2v) is 9.34. The number of rotatable bonds is 8. The van der Waals surface area contributed by atoms with Crippen LogP contribution in [0.2, 0.25) is 0 Å². The Morgan fingerprint density at radius 2 is 1.69 bits per heavy atom. The molecular weight excluding hydrogens is 484 g/mol. The van der Waals surface area contributed by atoms with Crippen LogP contribution in [0.4, 0.5) is 0 Å². The monoisotopic (exact) mass is 520 g/mol. The Hall–Kier alpha value is -2.44. The molecule has 1 aromatic carbocycles. The summed E-state index contributed by atoms with van der Waals surface area (Å²) in [5.74, 6) is -0.0125. The number of allylic oxidation sites excluding steroid dienone is 1. The zero-order chi connectivity index (χ0) is 25.7. The van der Waals surface area contributed by atoms with E-state index in [1.165, 1.54) is 7.11 Å². The Morgan fingerprint density at radius 3 is 2.28 bits per heavy atom. The average molecular weight is 521 g/mol. The molecule has 1 N–H and O–H groups in total. The number of thiocarbonyl (C=S) groups is 1. The van der Waals surface area contributed by atoms with Gasteiger partial charge in [-0.1, -0.05) is 6.07 Å². The van der Waals surface area contributed by atoms with Crippen molar-refractivity contribution >= 4 is 23.3 Å². The highest BCUT2D eigenvalue weighted by molar-refractivity contribution is 7.80. The van der Waals surface area contributed by atoms with Crippen LogP contribution in [-0.2, 0) is 19.0 Å². The van der Waals surface area contributed by atoms with Crippen LogP contribution in [0.3, 0.4) is 0 Å². The van der Waals surface area contributed by atoms with Gasteiger partial charge < -0.3 is 33.9 Å². The molecule has 3 heterocycles. The molecule has 0 radical (unpaired) electrons. The Kier molecular flexibility index (Phi) is 9.02. The van der Waals surface area contributed by atoms with Gasteiger partial charge >= 0.3 is 5.97 Å². The second kappa shape index (κ2) is 12.2. The van der Waals surface area contributed by atoms with E-state index < -0.39 is 6.04 Å². The number of hydrogen-bond acceptors (Lipinski definition) is 9. The molecule has 0 spiro atoms. The number of phenols is 1. The van der Waals surface area contributed by atoms with Crippen LogP contribution < -0.4 is 4.74 Å². The van der Waals surface area contributed by atoms with Gasteiger partial charge in [0.15, 0.2) is 16.6 Å². The summed E-state index contributed by atoms with van der Waals surface area (Å²) in [5.41, 5.74) is 2.08. The summed E-state index contributed by atoms with van der Waals surface area (Å²) < 4.78 is 22.0. The largest absolute Gasteiger partial charge is 0.504 e. The van der Waals surface area contributed by atoms with Gasteiger partial charge in [-0.15, -0.1) is 0 Å². The molecule has 10 nitrogen and oxygen atoms in total. The minimum atomic E-state index is -0.505. The molecule has 11 heteroatoms. The maximum absolute atomic E-state index is 13.5. The summed E-state index contributed by atoms with van der Waals surface area (Å²) in [5, 5.41) is 10.9. The van der Waals surface area contributed by atoms with Gasteiger partial charge in [-0.2, -0.15) is 0 Å².